The second-order valence-corrected chi connectivity index (χ2v) is 3.88. The second kappa shape index (κ2) is 5.34. The zero-order valence-electron chi connectivity index (χ0n) is 10.1. The van der Waals surface area contributed by atoms with Crippen LogP contribution in [0, 0.1) is 6.92 Å². The summed E-state index contributed by atoms with van der Waals surface area (Å²) in [6.45, 7) is 1.46. The van der Waals surface area contributed by atoms with Crippen LogP contribution < -0.4 is 0 Å². The second-order valence-electron chi connectivity index (χ2n) is 3.88. The molecule has 1 aromatic rings. The highest BCUT2D eigenvalue weighted by molar-refractivity contribution is 5.94. The van der Waals surface area contributed by atoms with E-state index in [0.717, 1.165) is 5.56 Å². The largest absolute Gasteiger partial charge is 0.507 e. The highest BCUT2D eigenvalue weighted by atomic mass is 16.5. The van der Waals surface area contributed by atoms with Crippen molar-refractivity contribution in [3.8, 4) is 5.75 Å². The maximum atomic E-state index is 11.6. The number of carbonyl (C=O) groups excluding carboxylic acids is 2. The average Bonchev–Trinajstić information content (AvgIpc) is 2.28. The monoisotopic (exact) mass is 237 g/mol. The van der Waals surface area contributed by atoms with Crippen LogP contribution in [0.4, 0.5) is 0 Å². The molecular formula is C12H15NO4. The Bertz CT molecular complexity index is 440. The van der Waals surface area contributed by atoms with Gasteiger partial charge >= 0.3 is 5.97 Å². The molecule has 0 aliphatic heterocycles. The van der Waals surface area contributed by atoms with Crippen molar-refractivity contribution in [3.63, 3.8) is 0 Å². The van der Waals surface area contributed by atoms with E-state index >= 15 is 0 Å². The molecule has 17 heavy (non-hydrogen) atoms. The molecule has 1 rings (SSSR count). The number of amides is 1. The van der Waals surface area contributed by atoms with Crippen LogP contribution in [0.15, 0.2) is 18.2 Å². The highest BCUT2D eigenvalue weighted by Crippen LogP contribution is 2.18. The molecule has 1 aromatic carbocycles. The van der Waals surface area contributed by atoms with Gasteiger partial charge < -0.3 is 14.7 Å². The van der Waals surface area contributed by atoms with E-state index in [4.69, 9.17) is 4.74 Å². The smallest absolute Gasteiger partial charge is 0.342 e. The molecule has 5 heteroatoms. The summed E-state index contributed by atoms with van der Waals surface area (Å²) in [6, 6.07) is 4.61. The number of hydrogen-bond acceptors (Lipinski definition) is 4. The van der Waals surface area contributed by atoms with Gasteiger partial charge in [0.2, 0.25) is 0 Å². The quantitative estimate of drug-likeness (QED) is 0.795. The van der Waals surface area contributed by atoms with Crippen molar-refractivity contribution in [1.29, 1.82) is 0 Å². The van der Waals surface area contributed by atoms with Crippen molar-refractivity contribution >= 4 is 11.9 Å². The fraction of sp³-hybridized carbons (Fsp3) is 0.333. The molecule has 0 saturated heterocycles. The van der Waals surface area contributed by atoms with Gasteiger partial charge in [-0.25, -0.2) is 4.79 Å². The van der Waals surface area contributed by atoms with Gasteiger partial charge in [0.1, 0.15) is 11.3 Å². The van der Waals surface area contributed by atoms with Gasteiger partial charge in [-0.1, -0.05) is 11.6 Å². The Hall–Kier alpha value is -2.04. The van der Waals surface area contributed by atoms with Crippen LogP contribution in [0.25, 0.3) is 0 Å². The van der Waals surface area contributed by atoms with E-state index in [0.29, 0.717) is 0 Å². The van der Waals surface area contributed by atoms with Crippen molar-refractivity contribution in [2.45, 2.75) is 6.92 Å². The lowest BCUT2D eigenvalue weighted by Crippen LogP contribution is -2.27. The van der Waals surface area contributed by atoms with Crippen molar-refractivity contribution in [1.82, 2.24) is 4.90 Å². The van der Waals surface area contributed by atoms with Crippen molar-refractivity contribution in [2.75, 3.05) is 20.7 Å². The van der Waals surface area contributed by atoms with Gasteiger partial charge in [-0.05, 0) is 19.1 Å². The third kappa shape index (κ3) is 3.48. The number of ether oxygens (including phenoxy) is 1. The SMILES string of the molecule is Cc1ccc(O)c(C(=O)OCC(=O)N(C)C)c1. The molecule has 1 amide bonds. The molecule has 92 valence electrons. The molecule has 0 radical (unpaired) electrons. The average molecular weight is 237 g/mol. The first-order valence-corrected chi connectivity index (χ1v) is 5.08. The van der Waals surface area contributed by atoms with Crippen molar-refractivity contribution < 1.29 is 19.4 Å². The molecule has 0 unspecified atom stereocenters. The molecule has 0 aliphatic rings. The summed E-state index contributed by atoms with van der Waals surface area (Å²) in [4.78, 5) is 24.1. The zero-order valence-corrected chi connectivity index (χ0v) is 10.1. The van der Waals surface area contributed by atoms with Gasteiger partial charge in [0.15, 0.2) is 6.61 Å². The minimum atomic E-state index is -0.707. The Labute approximate surface area is 99.6 Å². The maximum Gasteiger partial charge on any atom is 0.342 e. The van der Waals surface area contributed by atoms with Crippen LogP contribution in [0.5, 0.6) is 5.75 Å². The molecule has 0 aromatic heterocycles. The van der Waals surface area contributed by atoms with Crippen LogP contribution in [0.1, 0.15) is 15.9 Å². The van der Waals surface area contributed by atoms with E-state index in [1.54, 1.807) is 27.1 Å². The molecule has 0 spiro atoms. The molecule has 0 atom stereocenters. The van der Waals surface area contributed by atoms with Crippen LogP contribution in [0.2, 0.25) is 0 Å². The number of rotatable bonds is 3. The summed E-state index contributed by atoms with van der Waals surface area (Å²) in [6.07, 6.45) is 0. The predicted molar refractivity (Wildman–Crippen MR) is 61.8 cm³/mol. The summed E-state index contributed by atoms with van der Waals surface area (Å²) in [5.74, 6) is -1.18. The Balaban J connectivity index is 2.70. The number of likely N-dealkylation sites (N-methyl/N-ethyl adjacent to an activating group) is 1. The van der Waals surface area contributed by atoms with Crippen LogP contribution >= 0.6 is 0 Å². The lowest BCUT2D eigenvalue weighted by atomic mass is 10.1. The van der Waals surface area contributed by atoms with Gasteiger partial charge in [0.05, 0.1) is 0 Å². The maximum absolute atomic E-state index is 11.6. The third-order valence-electron chi connectivity index (χ3n) is 2.20. The van der Waals surface area contributed by atoms with Gasteiger partial charge in [-0.2, -0.15) is 0 Å². The highest BCUT2D eigenvalue weighted by Gasteiger charge is 2.15. The third-order valence-corrected chi connectivity index (χ3v) is 2.20. The Morgan fingerprint density at radius 2 is 2.00 bits per heavy atom. The summed E-state index contributed by atoms with van der Waals surface area (Å²) in [7, 11) is 3.14. The van der Waals surface area contributed by atoms with Crippen LogP contribution in [0.3, 0.4) is 0 Å². The Kier molecular flexibility index (Phi) is 4.09. The van der Waals surface area contributed by atoms with E-state index in [-0.39, 0.29) is 23.8 Å². The van der Waals surface area contributed by atoms with Crippen LogP contribution in [-0.2, 0) is 9.53 Å². The first-order chi connectivity index (χ1) is 7.91. The Morgan fingerprint density at radius 1 is 1.35 bits per heavy atom. The molecule has 1 N–H and O–H groups in total. The number of phenols is 1. The zero-order chi connectivity index (χ0) is 13.0. The normalized spacial score (nSPS) is 9.82. The van der Waals surface area contributed by atoms with Crippen molar-refractivity contribution in [3.05, 3.63) is 29.3 Å². The lowest BCUT2D eigenvalue weighted by Gasteiger charge is -2.11. The number of aromatic hydroxyl groups is 1. The molecular weight excluding hydrogens is 222 g/mol. The standard InChI is InChI=1S/C12H15NO4/c1-8-4-5-10(14)9(6-8)12(16)17-7-11(15)13(2)3/h4-6,14H,7H2,1-3H3. The van der Waals surface area contributed by atoms with E-state index in [9.17, 15) is 14.7 Å². The number of esters is 1. The number of hydrogen-bond donors (Lipinski definition) is 1. The lowest BCUT2D eigenvalue weighted by molar-refractivity contribution is -0.131. The summed E-state index contributed by atoms with van der Waals surface area (Å²) >= 11 is 0. The molecule has 0 heterocycles. The molecule has 0 bridgehead atoms. The van der Waals surface area contributed by atoms with E-state index in [1.165, 1.54) is 17.0 Å². The van der Waals surface area contributed by atoms with Crippen LogP contribution in [-0.4, -0.2) is 42.6 Å². The topological polar surface area (TPSA) is 66.8 Å². The Morgan fingerprint density at radius 3 is 2.59 bits per heavy atom. The fourth-order valence-corrected chi connectivity index (χ4v) is 1.15. The first-order valence-electron chi connectivity index (χ1n) is 5.08. The number of benzene rings is 1. The minimum Gasteiger partial charge on any atom is -0.507 e. The number of carbonyl (C=O) groups is 2. The van der Waals surface area contributed by atoms with Gasteiger partial charge in [-0.15, -0.1) is 0 Å². The first kappa shape index (κ1) is 13.0. The van der Waals surface area contributed by atoms with E-state index < -0.39 is 5.97 Å². The van der Waals surface area contributed by atoms with Crippen molar-refractivity contribution in [2.24, 2.45) is 0 Å². The molecule has 0 aliphatic carbocycles. The van der Waals surface area contributed by atoms with E-state index in [1.807, 2.05) is 0 Å². The van der Waals surface area contributed by atoms with Gasteiger partial charge in [-0.3, -0.25) is 4.79 Å². The summed E-state index contributed by atoms with van der Waals surface area (Å²) in [5, 5.41) is 9.48. The van der Waals surface area contributed by atoms with Gasteiger partial charge in [0.25, 0.3) is 5.91 Å². The summed E-state index contributed by atoms with van der Waals surface area (Å²) < 4.78 is 4.80. The molecule has 0 fully saturated rings. The van der Waals surface area contributed by atoms with Gasteiger partial charge in [0, 0.05) is 14.1 Å². The summed E-state index contributed by atoms with van der Waals surface area (Å²) in [5.41, 5.74) is 0.894. The minimum absolute atomic E-state index is 0.0663. The van der Waals surface area contributed by atoms with E-state index in [2.05, 4.69) is 0 Å². The fourth-order valence-electron chi connectivity index (χ4n) is 1.15. The predicted octanol–water partition coefficient (Wildman–Crippen LogP) is 0.946. The molecule has 5 nitrogen and oxygen atoms in total. The number of aryl methyl sites for hydroxylation is 1. The molecule has 0 saturated carbocycles. The number of nitrogens with zero attached hydrogens (tertiary/aromatic N) is 1. The number of phenolic OH excluding ortho intramolecular Hbond substituents is 1.